The number of rotatable bonds is 26. The molecule has 766 valence electrons. The first-order valence-corrected chi connectivity index (χ1v) is 51.5. The summed E-state index contributed by atoms with van der Waals surface area (Å²) in [6, 6.07) is 25.4. The number of benzene rings is 4. The van der Waals surface area contributed by atoms with Crippen molar-refractivity contribution >= 4 is 169 Å². The maximum Gasteiger partial charge on any atom is 0.242 e. The second-order valence-electron chi connectivity index (χ2n) is 39.4. The lowest BCUT2D eigenvalue weighted by Crippen LogP contribution is -2.54. The van der Waals surface area contributed by atoms with E-state index in [1.165, 1.54) is 72.8 Å². The Balaban J connectivity index is 0.000000145. The molecule has 4 aromatic carbocycles. The molecule has 6 saturated heterocycles. The first-order chi connectivity index (χ1) is 68.9. The lowest BCUT2D eigenvalue weighted by molar-refractivity contribution is -0.138. The molecule has 8 aromatic heterocycles. The van der Waals surface area contributed by atoms with Crippen LogP contribution < -0.4 is 48.3 Å². The van der Waals surface area contributed by atoms with E-state index in [4.69, 9.17) is 84.8 Å². The highest BCUT2D eigenvalue weighted by Gasteiger charge is 2.37. The molecule has 18 rings (SSSR count). The summed E-state index contributed by atoms with van der Waals surface area (Å²) >= 11 is 38.8. The van der Waals surface area contributed by atoms with Crippen molar-refractivity contribution in [3.05, 3.63) is 218 Å². The predicted molar refractivity (Wildman–Crippen MR) is 573 cm³/mol. The Morgan fingerprint density at radius 1 is 0.382 bits per heavy atom. The molecule has 12 aromatic rings. The predicted octanol–water partition coefficient (Wildman–Crippen LogP) is 20.1. The summed E-state index contributed by atoms with van der Waals surface area (Å²) in [6.07, 6.45) is 17.0. The number of amides is 3. The number of H-pyrrole nitrogens is 4. The fourth-order valence-electron chi connectivity index (χ4n) is 19.1. The minimum Gasteiger partial charge on any atom is -0.381 e. The zero-order valence-electron chi connectivity index (χ0n) is 84.5. The zero-order chi connectivity index (χ0) is 102. The normalized spacial score (nSPS) is 16.2. The average Bonchev–Trinajstić information content (AvgIpc) is 1.04. The number of hydrogen-bond acceptors (Lipinski definition) is 28. The number of nitrogens with two attached hydrogens (primary N) is 1. The van der Waals surface area contributed by atoms with Crippen LogP contribution in [0, 0.1) is 69.2 Å². The minimum atomic E-state index is -0.830. The maximum atomic E-state index is 12.8. The van der Waals surface area contributed by atoms with Gasteiger partial charge in [0.2, 0.25) is 35.6 Å². The van der Waals surface area contributed by atoms with E-state index in [0.717, 1.165) is 169 Å². The molecular weight excluding hydrogens is 1950 g/mol. The number of aromatic amines is 4. The molecular formula is C103H132Cl6N30O5. The number of morpholine rings is 1. The molecule has 6 aliphatic heterocycles. The van der Waals surface area contributed by atoms with Gasteiger partial charge < -0.3 is 77.3 Å². The Morgan fingerprint density at radius 3 is 1.12 bits per heavy atom. The van der Waals surface area contributed by atoms with Crippen LogP contribution in [0.25, 0.3) is 0 Å². The highest BCUT2D eigenvalue weighted by Crippen LogP contribution is 2.43. The Morgan fingerprint density at radius 2 is 0.729 bits per heavy atom. The largest absolute Gasteiger partial charge is 0.381 e. The number of halogens is 6. The van der Waals surface area contributed by atoms with Gasteiger partial charge in [0.15, 0.2) is 46.5 Å². The van der Waals surface area contributed by atoms with Crippen LogP contribution in [-0.2, 0) is 30.3 Å². The molecule has 0 unspecified atom stereocenters. The molecule has 41 heteroatoms. The van der Waals surface area contributed by atoms with Gasteiger partial charge in [-0.3, -0.25) is 39.7 Å². The fraction of sp³-hybridized carbons (Fsp3) is 0.466. The molecule has 144 heavy (non-hydrogen) atoms. The summed E-state index contributed by atoms with van der Waals surface area (Å²) in [5.74, 6) is 8.47. The topological polar surface area (TPSA) is 426 Å². The minimum absolute atomic E-state index is 0.0163. The maximum absolute atomic E-state index is 12.8. The number of aryl methyl sites for hydroxylation is 10. The Labute approximate surface area is 871 Å². The third kappa shape index (κ3) is 28.0. The number of aromatic nitrogens is 16. The van der Waals surface area contributed by atoms with E-state index in [2.05, 4.69) is 204 Å². The first kappa shape index (κ1) is 107. The number of nitrogens with zero attached hydrogens (tertiary/aromatic N) is 17. The van der Waals surface area contributed by atoms with Crippen molar-refractivity contribution in [1.82, 2.24) is 110 Å². The average molecular weight is 2080 g/mol. The smallest absolute Gasteiger partial charge is 0.242 e. The van der Waals surface area contributed by atoms with Crippen molar-refractivity contribution < 1.29 is 23.9 Å². The molecule has 14 N–H and O–H groups in total. The first-order valence-electron chi connectivity index (χ1n) is 49.2. The van der Waals surface area contributed by atoms with Gasteiger partial charge in [-0.05, 0) is 290 Å². The number of likely N-dealkylation sites (N-methyl/N-ethyl adjacent to an activating group) is 1. The van der Waals surface area contributed by atoms with Crippen molar-refractivity contribution in [3.8, 4) is 0 Å². The quantitative estimate of drug-likeness (QED) is 0.0239. The van der Waals surface area contributed by atoms with E-state index in [0.29, 0.717) is 164 Å². The second kappa shape index (κ2) is 48.3. The van der Waals surface area contributed by atoms with Crippen molar-refractivity contribution in [2.75, 3.05) is 143 Å². The third-order valence-electron chi connectivity index (χ3n) is 27.5. The number of anilines is 14. The van der Waals surface area contributed by atoms with E-state index in [1.807, 2.05) is 107 Å². The summed E-state index contributed by atoms with van der Waals surface area (Å²) in [5, 5.41) is 56.9. The second-order valence-corrected chi connectivity index (χ2v) is 41.9. The number of likely N-dealkylation sites (tertiary alicyclic amines) is 4. The molecule has 0 spiro atoms. The summed E-state index contributed by atoms with van der Waals surface area (Å²) in [7, 11) is 1.81. The van der Waals surface area contributed by atoms with Crippen molar-refractivity contribution in [2.45, 2.75) is 208 Å². The number of hydrogen-bond donors (Lipinski definition) is 13. The molecule has 0 bridgehead atoms. The lowest BCUT2D eigenvalue weighted by atomic mass is 9.85. The van der Waals surface area contributed by atoms with Crippen LogP contribution in [0.15, 0.2) is 97.6 Å². The number of carbonyl (C=O) groups is 3. The number of piperidine rings is 4. The molecule has 14 heterocycles. The van der Waals surface area contributed by atoms with Crippen LogP contribution in [0.1, 0.15) is 205 Å². The van der Waals surface area contributed by atoms with E-state index in [-0.39, 0.29) is 17.7 Å². The molecule has 0 saturated carbocycles. The summed E-state index contributed by atoms with van der Waals surface area (Å²) in [6.45, 7) is 39.9. The molecule has 35 nitrogen and oxygen atoms in total. The number of ether oxygens (including phenoxy) is 2. The molecule has 0 aliphatic carbocycles. The van der Waals surface area contributed by atoms with E-state index in [1.54, 1.807) is 32.4 Å². The summed E-state index contributed by atoms with van der Waals surface area (Å²) < 4.78 is 10.9. The van der Waals surface area contributed by atoms with Gasteiger partial charge >= 0.3 is 0 Å². The Bertz CT molecular complexity index is 6460. The van der Waals surface area contributed by atoms with Crippen molar-refractivity contribution in [1.29, 1.82) is 0 Å². The summed E-state index contributed by atoms with van der Waals surface area (Å²) in [4.78, 5) is 84.5. The standard InChI is InChI=1S/C27H33Cl2N7O2.C26H34ClN7O.C25H32Cl2N8O.C25H33ClN8O/c1-17-11-21(19-3-5-36(6-4-19)26(37)16-35-7-9-38-10-8-35)22(28)13-20(17)14-24-30-15-23(29)27(31-24)32-25-12-18(2)33-34-25;1-16-13-23(29-26-28-15-22(27)25(31-26)30-24-14-18(3)32-33-24)17(2)12-21(16)19-4-8-34(9-5-19)20-6-10-35-11-7-20;1-14-10-17(16-6-8-35(9-7-16)23(36)25(3,4)28-5)18(26)12-20(14)30-24-29-13-19(27)22(32-24)31-21-11-15(2)33-34-21;1-14-11-20(29-24-28-13-19(26)22(31-24)30-21-12-16(3)32-33-21)15(2)10-18(14)17-6-8-34(9-7-17)23(35)25(4,5)27/h11-13,15,19H,3-10,14,16H2,1-2H3,(H2,30,31,32,33,34);12-15,19-20H,4-11H2,1-3H3,(H3,28,29,30,31,32,33);10-13,16,28H,6-9H2,1-5H3,(H3,29,30,31,32,33,34);10-13,17H,6-9,27H2,1-5H3,(H3,28,29,30,31,32,33). The van der Waals surface area contributed by atoms with Gasteiger partial charge in [0, 0.05) is 152 Å². The van der Waals surface area contributed by atoms with Gasteiger partial charge in [-0.15, -0.1) is 0 Å². The van der Waals surface area contributed by atoms with Crippen LogP contribution in [-0.4, -0.2) is 245 Å². The Kier molecular flexibility index (Phi) is 35.8. The van der Waals surface area contributed by atoms with Crippen LogP contribution in [0.4, 0.5) is 81.5 Å². The van der Waals surface area contributed by atoms with E-state index >= 15 is 0 Å². The van der Waals surface area contributed by atoms with Crippen LogP contribution >= 0.6 is 69.6 Å². The third-order valence-corrected chi connectivity index (χ3v) is 29.3. The fourth-order valence-corrected chi connectivity index (χ4v) is 20.3. The van der Waals surface area contributed by atoms with Gasteiger partial charge in [-0.1, -0.05) is 93.9 Å². The Hall–Kier alpha value is -11.5. The van der Waals surface area contributed by atoms with Crippen LogP contribution in [0.3, 0.4) is 0 Å². The molecule has 0 radical (unpaired) electrons. The highest BCUT2D eigenvalue weighted by molar-refractivity contribution is 6.34. The van der Waals surface area contributed by atoms with Gasteiger partial charge in [0.25, 0.3) is 0 Å². The molecule has 6 fully saturated rings. The van der Waals surface area contributed by atoms with E-state index in [9.17, 15) is 14.4 Å². The SMILES string of the molecule is CNC(C)(C)C(=O)N1CCC(c2cc(C)c(Nc3ncc(Cl)c(Nc4cc(C)[nH]n4)n3)cc2Cl)CC1.Cc1cc(Nc2nc(Cc3cc(Cl)c(C4CCN(C(=O)CN5CCOCC5)CC4)cc3C)ncc2Cl)n[nH]1.Cc1cc(Nc2nc(Nc3cc(C)c(C4CCN(C(=O)C(C)(C)N)CC4)cc3C)ncc2Cl)n[nH]1.Cc1cc(Nc2nc(Nc3cc(C)c(C4CCN(C5CCOCC5)CC4)cc3C)ncc2Cl)n[nH]1. The van der Waals surface area contributed by atoms with Crippen LogP contribution in [0.5, 0.6) is 0 Å². The van der Waals surface area contributed by atoms with E-state index < -0.39 is 11.1 Å². The van der Waals surface area contributed by atoms with Gasteiger partial charge in [0.05, 0.1) is 55.6 Å². The van der Waals surface area contributed by atoms with Gasteiger partial charge in [-0.25, -0.2) is 24.9 Å². The lowest BCUT2D eigenvalue weighted by Gasteiger charge is -2.39. The van der Waals surface area contributed by atoms with Crippen molar-refractivity contribution in [2.24, 2.45) is 5.73 Å². The number of carbonyl (C=O) groups excluding carboxylic acids is 3. The molecule has 3 amide bonds. The molecule has 6 aliphatic rings. The van der Waals surface area contributed by atoms with Crippen molar-refractivity contribution in [3.63, 3.8) is 0 Å². The summed E-state index contributed by atoms with van der Waals surface area (Å²) in [5.41, 5.74) is 24.2. The van der Waals surface area contributed by atoms with Gasteiger partial charge in [0.1, 0.15) is 25.9 Å². The number of nitrogens with one attached hydrogen (secondary N) is 12. The van der Waals surface area contributed by atoms with Crippen LogP contribution in [0.2, 0.25) is 30.1 Å². The highest BCUT2D eigenvalue weighted by atomic mass is 35.5. The monoisotopic (exact) mass is 2080 g/mol. The zero-order valence-corrected chi connectivity index (χ0v) is 89.0. The molecule has 0 atom stereocenters. The van der Waals surface area contributed by atoms with Gasteiger partial charge in [-0.2, -0.15) is 35.3 Å².